The predicted molar refractivity (Wildman–Crippen MR) is 128 cm³/mol. The third-order valence-electron chi connectivity index (χ3n) is 5.42. The first-order valence-electron chi connectivity index (χ1n) is 11.3. The Kier molecular flexibility index (Phi) is 10.9. The van der Waals surface area contributed by atoms with Gasteiger partial charge in [-0.05, 0) is 60.2 Å². The van der Waals surface area contributed by atoms with Gasteiger partial charge in [-0.3, -0.25) is 10.2 Å². The summed E-state index contributed by atoms with van der Waals surface area (Å²) in [4.78, 5) is 13.1. The van der Waals surface area contributed by atoms with Gasteiger partial charge in [0.15, 0.2) is 11.6 Å². The van der Waals surface area contributed by atoms with Gasteiger partial charge in [-0.2, -0.15) is 13.2 Å². The van der Waals surface area contributed by atoms with E-state index in [0.29, 0.717) is 13.0 Å². The smallest absolute Gasteiger partial charge is 0.451 e. The van der Waals surface area contributed by atoms with Gasteiger partial charge in [0.2, 0.25) is 5.76 Å². The minimum absolute atomic E-state index is 0.0234. The molecule has 1 aromatic carbocycles. The number of amides is 1. The summed E-state index contributed by atoms with van der Waals surface area (Å²) in [5.74, 6) is -4.42. The summed E-state index contributed by atoms with van der Waals surface area (Å²) in [6.45, 7) is 4.02. The van der Waals surface area contributed by atoms with Crippen molar-refractivity contribution in [3.8, 4) is 0 Å². The maximum atomic E-state index is 14.4. The minimum atomic E-state index is -4.81. The van der Waals surface area contributed by atoms with Crippen molar-refractivity contribution in [2.75, 3.05) is 18.9 Å². The van der Waals surface area contributed by atoms with Gasteiger partial charge in [0, 0.05) is 24.6 Å². The molecule has 1 heterocycles. The van der Waals surface area contributed by atoms with Crippen LogP contribution in [0.25, 0.3) is 0 Å². The van der Waals surface area contributed by atoms with Crippen LogP contribution in [0.15, 0.2) is 40.3 Å². The standard InChI is InChI=1S/C24H31F5N3O2P/c1-4-7-16(8-6-11-32(35)30-3)13-18(14-17-9-5-10-19(25)21(17)26)23(33)31-20-12-15(2)34-22(20)24(27,28)29/h5,9-10,12-13,16,30H,4,6-8,11,14,35H2,1-3H3,(H,31,33)/b18-13+/t16-/m0/s1. The zero-order valence-corrected chi connectivity index (χ0v) is 21.1. The Balaban J connectivity index is 2.38. The maximum absolute atomic E-state index is 14.4. The summed E-state index contributed by atoms with van der Waals surface area (Å²) in [6.07, 6.45) is -0.430. The van der Waals surface area contributed by atoms with E-state index in [4.69, 9.17) is 4.42 Å². The second-order valence-electron chi connectivity index (χ2n) is 8.24. The van der Waals surface area contributed by atoms with Gasteiger partial charge in [0.1, 0.15) is 5.76 Å². The third kappa shape index (κ3) is 8.70. The molecular formula is C24H31F5N3O2P. The number of halogens is 5. The molecule has 1 aromatic heterocycles. The molecule has 2 aromatic rings. The number of alkyl halides is 3. The summed E-state index contributed by atoms with van der Waals surface area (Å²) in [7, 11) is 4.31. The molecule has 194 valence electrons. The van der Waals surface area contributed by atoms with Crippen LogP contribution >= 0.6 is 9.39 Å². The lowest BCUT2D eigenvalue weighted by Crippen LogP contribution is -2.26. The van der Waals surface area contributed by atoms with Crippen molar-refractivity contribution in [2.45, 2.75) is 52.1 Å². The predicted octanol–water partition coefficient (Wildman–Crippen LogP) is 6.42. The Morgan fingerprint density at radius 1 is 1.26 bits per heavy atom. The molecule has 35 heavy (non-hydrogen) atoms. The average Bonchev–Trinajstić information content (AvgIpc) is 3.16. The molecule has 1 amide bonds. The number of furan rings is 1. The number of carbonyl (C=O) groups excluding carboxylic acids is 1. The molecule has 0 spiro atoms. The molecule has 5 nitrogen and oxygen atoms in total. The largest absolute Gasteiger partial charge is 0.455 e. The number of nitrogens with zero attached hydrogens (tertiary/aromatic N) is 1. The molecule has 2 N–H and O–H groups in total. The van der Waals surface area contributed by atoms with Crippen molar-refractivity contribution >= 4 is 21.0 Å². The van der Waals surface area contributed by atoms with Crippen molar-refractivity contribution in [2.24, 2.45) is 5.92 Å². The SMILES string of the molecule is CCC[C@H](/C=C(\Cc1cccc(F)c1F)C(=O)Nc1cc(C)oc1C(F)(F)F)CCCN(P)NC. The van der Waals surface area contributed by atoms with Crippen LogP contribution in [0.4, 0.5) is 27.6 Å². The van der Waals surface area contributed by atoms with Crippen LogP contribution in [0, 0.1) is 24.5 Å². The minimum Gasteiger partial charge on any atom is -0.455 e. The lowest BCUT2D eigenvalue weighted by molar-refractivity contribution is -0.152. The molecule has 0 fully saturated rings. The number of hydrazine groups is 1. The molecule has 0 saturated carbocycles. The molecule has 2 rings (SSSR count). The Morgan fingerprint density at radius 3 is 2.60 bits per heavy atom. The number of hydrogen-bond donors (Lipinski definition) is 2. The first kappa shape index (κ1) is 28.9. The summed E-state index contributed by atoms with van der Waals surface area (Å²) >= 11 is 0. The highest BCUT2D eigenvalue weighted by Crippen LogP contribution is 2.37. The Hall–Kier alpha value is -2.29. The number of allylic oxidation sites excluding steroid dienone is 1. The highest BCUT2D eigenvalue weighted by Gasteiger charge is 2.39. The van der Waals surface area contributed by atoms with E-state index in [-0.39, 0.29) is 29.2 Å². The fourth-order valence-electron chi connectivity index (χ4n) is 3.73. The summed E-state index contributed by atoms with van der Waals surface area (Å²) in [5.41, 5.74) is 2.43. The van der Waals surface area contributed by atoms with E-state index in [1.54, 1.807) is 13.1 Å². The van der Waals surface area contributed by atoms with Crippen LogP contribution in [-0.2, 0) is 17.4 Å². The van der Waals surface area contributed by atoms with Crippen LogP contribution in [0.1, 0.15) is 49.7 Å². The Morgan fingerprint density at radius 2 is 1.97 bits per heavy atom. The lowest BCUT2D eigenvalue weighted by Gasteiger charge is -2.18. The van der Waals surface area contributed by atoms with Crippen molar-refractivity contribution in [1.82, 2.24) is 10.2 Å². The summed E-state index contributed by atoms with van der Waals surface area (Å²) in [6, 6.07) is 4.70. The Labute approximate surface area is 204 Å². The topological polar surface area (TPSA) is 57.5 Å². The van der Waals surface area contributed by atoms with Crippen LogP contribution in [0.5, 0.6) is 0 Å². The molecule has 0 radical (unpaired) electrons. The number of nitrogens with one attached hydrogen (secondary N) is 2. The van der Waals surface area contributed by atoms with E-state index in [1.165, 1.54) is 19.1 Å². The highest BCUT2D eigenvalue weighted by atomic mass is 31.0. The molecule has 0 aliphatic heterocycles. The number of aryl methyl sites for hydroxylation is 1. The molecule has 1 unspecified atom stereocenters. The number of anilines is 1. The highest BCUT2D eigenvalue weighted by molar-refractivity contribution is 7.13. The van der Waals surface area contributed by atoms with Crippen molar-refractivity contribution in [1.29, 1.82) is 0 Å². The number of rotatable bonds is 12. The lowest BCUT2D eigenvalue weighted by atomic mass is 9.92. The monoisotopic (exact) mass is 519 g/mol. The van der Waals surface area contributed by atoms with E-state index in [1.807, 2.05) is 11.7 Å². The van der Waals surface area contributed by atoms with Crippen molar-refractivity contribution in [3.63, 3.8) is 0 Å². The molecule has 0 aliphatic carbocycles. The molecule has 2 atom stereocenters. The fourth-order valence-corrected chi connectivity index (χ4v) is 3.91. The number of hydrogen-bond acceptors (Lipinski definition) is 4. The van der Waals surface area contributed by atoms with E-state index >= 15 is 0 Å². The van der Waals surface area contributed by atoms with Gasteiger partial charge in [-0.25, -0.2) is 13.6 Å². The second kappa shape index (κ2) is 13.1. The first-order valence-corrected chi connectivity index (χ1v) is 11.8. The zero-order chi connectivity index (χ0) is 26.2. The molecular weight excluding hydrogens is 488 g/mol. The van der Waals surface area contributed by atoms with E-state index < -0.39 is 35.2 Å². The van der Waals surface area contributed by atoms with Crippen LogP contribution in [0.3, 0.4) is 0 Å². The van der Waals surface area contributed by atoms with Gasteiger partial charge in [-0.15, -0.1) is 0 Å². The van der Waals surface area contributed by atoms with E-state index in [9.17, 15) is 26.7 Å². The summed E-state index contributed by atoms with van der Waals surface area (Å²) in [5, 5.41) is 2.26. The van der Waals surface area contributed by atoms with E-state index in [2.05, 4.69) is 20.1 Å². The summed E-state index contributed by atoms with van der Waals surface area (Å²) < 4.78 is 74.7. The van der Waals surface area contributed by atoms with Crippen LogP contribution in [-0.4, -0.2) is 24.3 Å². The van der Waals surface area contributed by atoms with Gasteiger partial charge < -0.3 is 9.73 Å². The molecule has 0 bridgehead atoms. The number of carbonyl (C=O) groups is 1. The van der Waals surface area contributed by atoms with Gasteiger partial charge >= 0.3 is 6.18 Å². The third-order valence-corrected chi connectivity index (χ3v) is 5.94. The van der Waals surface area contributed by atoms with Gasteiger partial charge in [0.05, 0.1) is 5.69 Å². The second-order valence-corrected chi connectivity index (χ2v) is 8.86. The quantitative estimate of drug-likeness (QED) is 0.147. The molecule has 0 saturated heterocycles. The van der Waals surface area contributed by atoms with Gasteiger partial charge in [-0.1, -0.05) is 31.6 Å². The van der Waals surface area contributed by atoms with Crippen molar-refractivity contribution in [3.05, 3.63) is 64.6 Å². The number of benzene rings is 1. The molecule has 0 aliphatic rings. The van der Waals surface area contributed by atoms with E-state index in [0.717, 1.165) is 31.4 Å². The average molecular weight is 519 g/mol. The molecule has 11 heteroatoms. The maximum Gasteiger partial charge on any atom is 0.451 e. The normalized spacial score (nSPS) is 13.4. The van der Waals surface area contributed by atoms with Crippen LogP contribution in [0.2, 0.25) is 0 Å². The van der Waals surface area contributed by atoms with Crippen molar-refractivity contribution < 1.29 is 31.2 Å². The first-order chi connectivity index (χ1) is 16.5. The van der Waals surface area contributed by atoms with Gasteiger partial charge in [0.25, 0.3) is 5.91 Å². The fraction of sp³-hybridized carbons (Fsp3) is 0.458. The zero-order valence-electron chi connectivity index (χ0n) is 19.9. The van der Waals surface area contributed by atoms with Crippen LogP contribution < -0.4 is 10.7 Å². The Bertz CT molecular complexity index is 1020.